The smallest absolute Gasteiger partial charge is 0.261 e. The number of halogens is 3. The van der Waals surface area contributed by atoms with Crippen molar-refractivity contribution in [1.82, 2.24) is 0 Å². The van der Waals surface area contributed by atoms with Gasteiger partial charge >= 0.3 is 0 Å². The molecular formula is C13H9BrCl2O3S. The van der Waals surface area contributed by atoms with Gasteiger partial charge in [0, 0.05) is 21.3 Å². The molecule has 0 amide bonds. The predicted octanol–water partition coefficient (Wildman–Crippen LogP) is 4.61. The molecule has 0 aromatic heterocycles. The standard InChI is InChI=1S/C13H9BrCl2O3S/c14-11-7-10(20(16,17)18)5-6-13(11)19-8-9-3-1-2-4-12(9)15/h1-7H,8H2. The molecule has 0 atom stereocenters. The van der Waals surface area contributed by atoms with E-state index < -0.39 is 9.05 Å². The molecule has 7 heteroatoms. The summed E-state index contributed by atoms with van der Waals surface area (Å²) in [7, 11) is 1.52. The lowest BCUT2D eigenvalue weighted by Crippen LogP contribution is -1.98. The minimum atomic E-state index is -3.75. The lowest BCUT2D eigenvalue weighted by Gasteiger charge is -2.10. The summed E-state index contributed by atoms with van der Waals surface area (Å²) in [5, 5.41) is 0.614. The Labute approximate surface area is 135 Å². The molecule has 0 aliphatic carbocycles. The van der Waals surface area contributed by atoms with E-state index in [-0.39, 0.29) is 11.5 Å². The van der Waals surface area contributed by atoms with Crippen LogP contribution in [0.1, 0.15) is 5.56 Å². The van der Waals surface area contributed by atoms with Gasteiger partial charge in [0.2, 0.25) is 0 Å². The number of hydrogen-bond donors (Lipinski definition) is 0. The fraction of sp³-hybridized carbons (Fsp3) is 0.0769. The maximum Gasteiger partial charge on any atom is 0.261 e. The Morgan fingerprint density at radius 1 is 1.15 bits per heavy atom. The Hall–Kier alpha value is -0.750. The average Bonchev–Trinajstić information content (AvgIpc) is 2.38. The third-order valence-corrected chi connectivity index (χ3v) is 4.87. The van der Waals surface area contributed by atoms with Crippen LogP contribution in [0.3, 0.4) is 0 Å². The van der Waals surface area contributed by atoms with Gasteiger partial charge in [0.1, 0.15) is 12.4 Å². The molecule has 0 aliphatic heterocycles. The molecule has 0 bridgehead atoms. The first kappa shape index (κ1) is 15.6. The van der Waals surface area contributed by atoms with Gasteiger partial charge in [-0.15, -0.1) is 0 Å². The quantitative estimate of drug-likeness (QED) is 0.710. The molecule has 0 unspecified atom stereocenters. The topological polar surface area (TPSA) is 43.4 Å². The van der Waals surface area contributed by atoms with Crippen LogP contribution in [-0.4, -0.2) is 8.42 Å². The molecule has 0 radical (unpaired) electrons. The Morgan fingerprint density at radius 3 is 2.45 bits per heavy atom. The van der Waals surface area contributed by atoms with E-state index in [1.807, 2.05) is 18.2 Å². The van der Waals surface area contributed by atoms with Gasteiger partial charge in [-0.25, -0.2) is 8.42 Å². The minimum Gasteiger partial charge on any atom is -0.488 e. The molecule has 0 N–H and O–H groups in total. The van der Waals surface area contributed by atoms with E-state index in [1.165, 1.54) is 18.2 Å². The van der Waals surface area contributed by atoms with Crippen molar-refractivity contribution in [3.05, 3.63) is 57.5 Å². The van der Waals surface area contributed by atoms with Crippen molar-refractivity contribution in [3.8, 4) is 5.75 Å². The van der Waals surface area contributed by atoms with E-state index in [4.69, 9.17) is 27.0 Å². The van der Waals surface area contributed by atoms with Crippen molar-refractivity contribution in [1.29, 1.82) is 0 Å². The molecule has 3 nitrogen and oxygen atoms in total. The van der Waals surface area contributed by atoms with Gasteiger partial charge in [-0.2, -0.15) is 0 Å². The normalized spacial score (nSPS) is 11.3. The highest BCUT2D eigenvalue weighted by atomic mass is 79.9. The summed E-state index contributed by atoms with van der Waals surface area (Å²) in [6.45, 7) is 0.283. The van der Waals surface area contributed by atoms with Crippen LogP contribution < -0.4 is 4.74 Å². The van der Waals surface area contributed by atoms with Crippen LogP contribution in [-0.2, 0) is 15.7 Å². The lowest BCUT2D eigenvalue weighted by atomic mass is 10.2. The maximum absolute atomic E-state index is 11.2. The monoisotopic (exact) mass is 394 g/mol. The SMILES string of the molecule is O=S(=O)(Cl)c1ccc(OCc2ccccc2Cl)c(Br)c1. The summed E-state index contributed by atoms with van der Waals surface area (Å²) in [5.74, 6) is 0.508. The van der Waals surface area contributed by atoms with Crippen molar-refractivity contribution in [3.63, 3.8) is 0 Å². The maximum atomic E-state index is 11.2. The van der Waals surface area contributed by atoms with E-state index >= 15 is 0 Å². The highest BCUT2D eigenvalue weighted by Gasteiger charge is 2.13. The molecule has 106 valence electrons. The number of hydrogen-bond acceptors (Lipinski definition) is 3. The first-order chi connectivity index (χ1) is 9.38. The highest BCUT2D eigenvalue weighted by molar-refractivity contribution is 9.10. The molecule has 2 rings (SSSR count). The first-order valence-corrected chi connectivity index (χ1v) is 8.96. The molecule has 0 saturated carbocycles. The van der Waals surface area contributed by atoms with Crippen LogP contribution in [0.5, 0.6) is 5.75 Å². The largest absolute Gasteiger partial charge is 0.488 e. The summed E-state index contributed by atoms with van der Waals surface area (Å²) in [5.41, 5.74) is 0.843. The van der Waals surface area contributed by atoms with Gasteiger partial charge in [0.05, 0.1) is 9.37 Å². The second-order valence-corrected chi connectivity index (χ2v) is 7.74. The second kappa shape index (κ2) is 6.35. The van der Waals surface area contributed by atoms with Gasteiger partial charge < -0.3 is 4.74 Å². The number of benzene rings is 2. The Balaban J connectivity index is 2.17. The van der Waals surface area contributed by atoms with Crippen LogP contribution in [0.25, 0.3) is 0 Å². The van der Waals surface area contributed by atoms with Gasteiger partial charge in [0.25, 0.3) is 9.05 Å². The van der Waals surface area contributed by atoms with Crippen LogP contribution in [0, 0.1) is 0 Å². The van der Waals surface area contributed by atoms with Crippen molar-refractivity contribution in [2.45, 2.75) is 11.5 Å². The van der Waals surface area contributed by atoms with Crippen molar-refractivity contribution in [2.75, 3.05) is 0 Å². The summed E-state index contributed by atoms with van der Waals surface area (Å²) in [6, 6.07) is 11.6. The summed E-state index contributed by atoms with van der Waals surface area (Å²) in [4.78, 5) is 0.0103. The molecule has 0 fully saturated rings. The summed E-state index contributed by atoms with van der Waals surface area (Å²) in [6.07, 6.45) is 0. The number of rotatable bonds is 4. The third kappa shape index (κ3) is 3.88. The van der Waals surface area contributed by atoms with Crippen LogP contribution in [0.15, 0.2) is 51.8 Å². The molecule has 0 heterocycles. The fourth-order valence-corrected chi connectivity index (χ4v) is 3.13. The fourth-order valence-electron chi connectivity index (χ4n) is 1.52. The van der Waals surface area contributed by atoms with E-state index in [1.54, 1.807) is 6.07 Å². The van der Waals surface area contributed by atoms with E-state index in [9.17, 15) is 8.42 Å². The molecule has 2 aromatic rings. The predicted molar refractivity (Wildman–Crippen MR) is 83.0 cm³/mol. The molecule has 0 saturated heterocycles. The Kier molecular flexibility index (Phi) is 4.96. The molecule has 0 spiro atoms. The van der Waals surface area contributed by atoms with Crippen LogP contribution in [0.4, 0.5) is 0 Å². The summed E-state index contributed by atoms with van der Waals surface area (Å²) < 4.78 is 28.5. The second-order valence-electron chi connectivity index (χ2n) is 3.91. The highest BCUT2D eigenvalue weighted by Crippen LogP contribution is 2.30. The van der Waals surface area contributed by atoms with Crippen molar-refractivity contribution in [2.24, 2.45) is 0 Å². The van der Waals surface area contributed by atoms with Gasteiger partial charge in [-0.1, -0.05) is 29.8 Å². The van der Waals surface area contributed by atoms with Crippen LogP contribution in [0.2, 0.25) is 5.02 Å². The third-order valence-electron chi connectivity index (χ3n) is 2.53. The molecule has 0 aliphatic rings. The Bertz CT molecular complexity index is 732. The zero-order valence-electron chi connectivity index (χ0n) is 10.0. The zero-order valence-corrected chi connectivity index (χ0v) is 13.9. The summed E-state index contributed by atoms with van der Waals surface area (Å²) >= 11 is 9.28. The molecule has 2 aromatic carbocycles. The van der Waals surface area contributed by atoms with Crippen molar-refractivity contribution >= 4 is 47.3 Å². The van der Waals surface area contributed by atoms with Crippen LogP contribution >= 0.6 is 38.2 Å². The van der Waals surface area contributed by atoms with Gasteiger partial charge in [-0.05, 0) is 40.2 Å². The Morgan fingerprint density at radius 2 is 1.85 bits per heavy atom. The minimum absolute atomic E-state index is 0.0103. The first-order valence-electron chi connectivity index (χ1n) is 5.48. The zero-order chi connectivity index (χ0) is 14.8. The van der Waals surface area contributed by atoms with E-state index in [0.717, 1.165) is 5.56 Å². The lowest BCUT2D eigenvalue weighted by molar-refractivity contribution is 0.304. The van der Waals surface area contributed by atoms with E-state index in [2.05, 4.69) is 15.9 Å². The number of ether oxygens (including phenoxy) is 1. The van der Waals surface area contributed by atoms with Gasteiger partial charge in [0.15, 0.2) is 0 Å². The van der Waals surface area contributed by atoms with E-state index in [0.29, 0.717) is 15.2 Å². The molecule has 20 heavy (non-hydrogen) atoms. The van der Waals surface area contributed by atoms with Gasteiger partial charge in [-0.3, -0.25) is 0 Å². The average molecular weight is 396 g/mol. The molecular weight excluding hydrogens is 387 g/mol. The van der Waals surface area contributed by atoms with Crippen molar-refractivity contribution < 1.29 is 13.2 Å².